The summed E-state index contributed by atoms with van der Waals surface area (Å²) in [5.74, 6) is 0.251. The molecular weight excluding hydrogens is 919 g/mol. The van der Waals surface area contributed by atoms with E-state index >= 15 is 4.57 Å². The minimum Gasteiger partial charge on any atom is -0.494 e. The number of fused-ring (bicyclic) bond motifs is 4. The highest BCUT2D eigenvalue weighted by molar-refractivity contribution is 8.55. The molecular formula is C36H40N12O12P2S2. The van der Waals surface area contributed by atoms with E-state index in [0.29, 0.717) is 23.5 Å². The molecule has 64 heavy (non-hydrogen) atoms. The third-order valence-electron chi connectivity index (χ3n) is 10.5. The van der Waals surface area contributed by atoms with Crippen molar-refractivity contribution in [2.75, 3.05) is 31.3 Å². The molecule has 7 heterocycles. The van der Waals surface area contributed by atoms with Crippen LogP contribution in [0.15, 0.2) is 72.3 Å². The summed E-state index contributed by atoms with van der Waals surface area (Å²) in [6.07, 6.45) is -4.07. The molecule has 2 aromatic carbocycles. The normalized spacial score (nSPS) is 29.8. The molecule has 28 heteroatoms. The Hall–Kier alpha value is -4.95. The largest absolute Gasteiger partial charge is 0.494 e. The second kappa shape index (κ2) is 17.8. The van der Waals surface area contributed by atoms with Crippen LogP contribution in [-0.2, 0) is 33.4 Å². The van der Waals surface area contributed by atoms with E-state index in [1.165, 1.54) is 28.1 Å². The van der Waals surface area contributed by atoms with Gasteiger partial charge in [0.2, 0.25) is 5.95 Å². The number of aromatic amines is 1. The first kappa shape index (κ1) is 44.3. The minimum absolute atomic E-state index is 0.0120. The van der Waals surface area contributed by atoms with E-state index < -0.39 is 87.1 Å². The van der Waals surface area contributed by atoms with Crippen LogP contribution in [0.3, 0.4) is 0 Å². The van der Waals surface area contributed by atoms with Crippen LogP contribution in [-0.4, -0.2) is 112 Å². The number of nitrogens with two attached hydrogens (primary N) is 2. The van der Waals surface area contributed by atoms with E-state index in [2.05, 4.69) is 52.3 Å². The topological polar surface area (TPSA) is 330 Å². The predicted octanol–water partition coefficient (Wildman–Crippen LogP) is 2.30. The second-order valence-corrected chi connectivity index (χ2v) is 22.1. The molecule has 0 bridgehead atoms. The van der Waals surface area contributed by atoms with Crippen molar-refractivity contribution in [3.8, 4) is 11.5 Å². The molecule has 3 aliphatic heterocycles. The second-order valence-electron chi connectivity index (χ2n) is 14.7. The van der Waals surface area contributed by atoms with Crippen LogP contribution in [0.2, 0.25) is 0 Å². The van der Waals surface area contributed by atoms with Crippen molar-refractivity contribution in [1.82, 2.24) is 49.2 Å². The molecule has 24 nitrogen and oxygen atoms in total. The van der Waals surface area contributed by atoms with Gasteiger partial charge in [-0.25, -0.2) is 34.9 Å². The van der Waals surface area contributed by atoms with Crippen molar-refractivity contribution >= 4 is 77.1 Å². The number of esters is 1. The van der Waals surface area contributed by atoms with Gasteiger partial charge in [0, 0.05) is 5.75 Å². The Labute approximate surface area is 370 Å². The lowest BCUT2D eigenvalue weighted by Crippen LogP contribution is -2.47. The number of thiol groups is 1. The van der Waals surface area contributed by atoms with Gasteiger partial charge >= 0.3 is 19.4 Å². The molecule has 6 aromatic rings. The fourth-order valence-corrected chi connectivity index (χ4v) is 12.9. The third kappa shape index (κ3) is 8.88. The van der Waals surface area contributed by atoms with Crippen LogP contribution in [0.4, 0.5) is 11.8 Å². The summed E-state index contributed by atoms with van der Waals surface area (Å²) in [4.78, 5) is 48.5. The fraction of sp³-hybridized carbons (Fsp3) is 0.361. The first-order valence-corrected chi connectivity index (χ1v) is 25.5. The van der Waals surface area contributed by atoms with Gasteiger partial charge in [0.25, 0.3) is 5.56 Å². The number of nitrogen functional groups attached to an aromatic ring is 2. The molecule has 3 aliphatic rings. The number of carbonyl (C=O) groups is 1. The smallest absolute Gasteiger partial charge is 0.343 e. The van der Waals surface area contributed by atoms with Crippen LogP contribution in [0.5, 0.6) is 11.5 Å². The number of aliphatic hydroxyl groups is 2. The zero-order valence-corrected chi connectivity index (χ0v) is 36.8. The molecule has 0 aliphatic carbocycles. The van der Waals surface area contributed by atoms with E-state index in [-0.39, 0.29) is 45.6 Å². The summed E-state index contributed by atoms with van der Waals surface area (Å²) in [5, 5.41) is 29.3. The molecule has 0 unspecified atom stereocenters. The molecule has 3 saturated heterocycles. The predicted molar refractivity (Wildman–Crippen MR) is 232 cm³/mol. The molecule has 3 fully saturated rings. The Kier molecular flexibility index (Phi) is 12.3. The number of nitrogens with zero attached hydrogens (tertiary/aromatic N) is 7. The highest BCUT2D eigenvalue weighted by atomic mass is 32.7. The average Bonchev–Trinajstić information content (AvgIpc) is 4.04. The van der Waals surface area contributed by atoms with Crippen LogP contribution in [0.25, 0.3) is 22.3 Å². The Morgan fingerprint density at radius 1 is 0.875 bits per heavy atom. The lowest BCUT2D eigenvalue weighted by atomic mass is 10.1. The van der Waals surface area contributed by atoms with Crippen molar-refractivity contribution in [3.05, 3.63) is 89.0 Å². The molecule has 10 atom stereocenters. The van der Waals surface area contributed by atoms with Gasteiger partial charge in [0.05, 0.1) is 50.1 Å². The van der Waals surface area contributed by atoms with E-state index in [1.54, 1.807) is 48.5 Å². The van der Waals surface area contributed by atoms with Gasteiger partial charge in [-0.05, 0) is 60.3 Å². The van der Waals surface area contributed by atoms with Gasteiger partial charge in [-0.1, -0.05) is 24.4 Å². The highest BCUT2D eigenvalue weighted by Gasteiger charge is 2.52. The molecule has 338 valence electrons. The quantitative estimate of drug-likeness (QED) is 0.0446. The van der Waals surface area contributed by atoms with Gasteiger partial charge in [-0.15, -0.1) is 0 Å². The molecule has 0 radical (unpaired) electrons. The number of imidazole rings is 2. The number of aromatic nitrogens is 8. The first-order valence-electron chi connectivity index (χ1n) is 19.5. The fourth-order valence-electron chi connectivity index (χ4n) is 7.43. The lowest BCUT2D eigenvalue weighted by molar-refractivity contribution is -0.0464. The molecule has 9 N–H and O–H groups in total. The number of hydrogen-bond donors (Lipinski definition) is 8. The standard InChI is InChI=1S/C36H40N12O12P2S2/c1-2-55-19-9-5-18(6-10-19)35(52)58-20-7-3-17(4-8-20)13-64-62(54)46-24-21(59-33(28(24)50)47-15-41-25-29(37)39-14-40-30(25)47)11-56-61(53,63)45-23-22(12-57-62)60-34(27(23)49)48-16-42-26-31(48)43-36(38)44-32(26)51/h3-10,14-16,21-24,27-28,33-34,49-50H,2,11-13H2,1H3,(H,46,54)(H2,37,39,40)(H2,45,53,63)(H3,38,43,44,51)/t21-,22-,23-,24+,27-,28-,33-,34-,61+,62-/m1/s1. The Morgan fingerprint density at radius 2 is 1.50 bits per heavy atom. The number of benzene rings is 2. The van der Waals surface area contributed by atoms with Crippen LogP contribution >= 0.6 is 37.1 Å². The van der Waals surface area contributed by atoms with Crippen molar-refractivity contribution in [1.29, 1.82) is 0 Å². The number of anilines is 2. The summed E-state index contributed by atoms with van der Waals surface area (Å²) in [5.41, 5.74) is 12.5. The number of H-pyrrole nitrogens is 1. The Morgan fingerprint density at radius 3 is 2.19 bits per heavy atom. The zero-order chi connectivity index (χ0) is 44.9. The number of hydrogen-bond acceptors (Lipinski definition) is 20. The summed E-state index contributed by atoms with van der Waals surface area (Å²) < 4.78 is 67.4. The first-order chi connectivity index (χ1) is 30.7. The summed E-state index contributed by atoms with van der Waals surface area (Å²) in [7, 11) is 0. The monoisotopic (exact) mass is 958 g/mol. The maximum atomic E-state index is 15.2. The summed E-state index contributed by atoms with van der Waals surface area (Å²) in [6.45, 7) is -6.98. The van der Waals surface area contributed by atoms with Crippen LogP contribution in [0.1, 0.15) is 35.3 Å². The van der Waals surface area contributed by atoms with Crippen molar-refractivity contribution < 1.29 is 52.1 Å². The number of carbonyl (C=O) groups excluding carboxylic acids is 1. The van der Waals surface area contributed by atoms with E-state index in [1.807, 2.05) is 6.92 Å². The van der Waals surface area contributed by atoms with E-state index in [0.717, 1.165) is 11.4 Å². The van der Waals surface area contributed by atoms with Crippen molar-refractivity contribution in [2.45, 2.75) is 61.6 Å². The number of aliphatic hydroxyl groups excluding tert-OH is 2. The van der Waals surface area contributed by atoms with E-state index in [9.17, 15) is 24.4 Å². The summed E-state index contributed by atoms with van der Waals surface area (Å²) in [6, 6.07) is 10.6. The van der Waals surface area contributed by atoms with Crippen LogP contribution in [0, 0.1) is 0 Å². The number of ether oxygens (including phenoxy) is 4. The Bertz CT molecular complexity index is 2850. The SMILES string of the molecule is CCOc1ccc(C(=O)Oc2ccc(CS[P@@]3(=O)N[C@@H]4[C@@H](O)[C@H](n5cnc6c(N)ncnc65)O[C@@H]4CO[P@](=O)(S)N[C@H]4[C@@H](O)[C@H](n5cnc6c(=O)[nH]c(N)nc65)O[C@@H]4CO3)cc2)cc1. The van der Waals surface area contributed by atoms with Crippen molar-refractivity contribution in [2.24, 2.45) is 0 Å². The lowest BCUT2D eigenvalue weighted by Gasteiger charge is -2.31. The van der Waals surface area contributed by atoms with Gasteiger partial charge < -0.3 is 49.7 Å². The number of nitrogens with one attached hydrogen (secondary N) is 3. The Balaban J connectivity index is 0.990. The molecule has 0 spiro atoms. The maximum Gasteiger partial charge on any atom is 0.343 e. The number of rotatable bonds is 9. The van der Waals surface area contributed by atoms with Crippen LogP contribution < -0.4 is 36.7 Å². The molecule has 0 saturated carbocycles. The third-order valence-corrected chi connectivity index (χ3v) is 16.3. The van der Waals surface area contributed by atoms with Gasteiger partial charge in [-0.2, -0.15) is 4.98 Å². The summed E-state index contributed by atoms with van der Waals surface area (Å²) >= 11 is 5.17. The van der Waals surface area contributed by atoms with E-state index in [4.69, 9.17) is 39.5 Å². The zero-order valence-electron chi connectivity index (χ0n) is 33.3. The highest BCUT2D eigenvalue weighted by Crippen LogP contribution is 2.60. The van der Waals surface area contributed by atoms with Crippen molar-refractivity contribution in [3.63, 3.8) is 0 Å². The van der Waals surface area contributed by atoms with Gasteiger partial charge in [0.15, 0.2) is 35.1 Å². The average molecular weight is 959 g/mol. The minimum atomic E-state index is -4.18. The molecule has 4 aromatic heterocycles. The molecule has 9 rings (SSSR count). The maximum absolute atomic E-state index is 15.2. The van der Waals surface area contributed by atoms with Gasteiger partial charge in [0.1, 0.15) is 47.8 Å². The molecule has 0 amide bonds. The van der Waals surface area contributed by atoms with Gasteiger partial charge in [-0.3, -0.25) is 28.0 Å².